The maximum atomic E-state index is 12.3. The zero-order valence-electron chi connectivity index (χ0n) is 12.6. The Bertz CT molecular complexity index is 557. The Hall–Kier alpha value is -2.08. The monoisotopic (exact) mass is 291 g/mol. The highest BCUT2D eigenvalue weighted by molar-refractivity contribution is 5.94. The first-order valence-corrected chi connectivity index (χ1v) is 6.95. The molecule has 2 amide bonds. The quantitative estimate of drug-likeness (QED) is 0.891. The molecular weight excluding hydrogens is 270 g/mol. The molecule has 1 aromatic rings. The van der Waals surface area contributed by atoms with Crippen LogP contribution in [0.25, 0.3) is 0 Å². The fourth-order valence-corrected chi connectivity index (χ4v) is 2.43. The minimum absolute atomic E-state index is 0.170. The molecule has 1 fully saturated rings. The third kappa shape index (κ3) is 3.52. The van der Waals surface area contributed by atoms with Gasteiger partial charge in [-0.1, -0.05) is 6.07 Å². The smallest absolute Gasteiger partial charge is 0.335 e. The van der Waals surface area contributed by atoms with Crippen LogP contribution in [-0.4, -0.2) is 60.1 Å². The number of amides is 2. The number of hydrogen-bond donors (Lipinski definition) is 2. The lowest BCUT2D eigenvalue weighted by Gasteiger charge is -2.21. The van der Waals surface area contributed by atoms with Crippen LogP contribution >= 0.6 is 0 Å². The van der Waals surface area contributed by atoms with Gasteiger partial charge in [-0.2, -0.15) is 0 Å². The minimum Gasteiger partial charge on any atom is -0.478 e. The second kappa shape index (κ2) is 6.13. The number of hydrogen-bond acceptors (Lipinski definition) is 3. The lowest BCUT2D eigenvalue weighted by Crippen LogP contribution is -2.37. The van der Waals surface area contributed by atoms with E-state index < -0.39 is 5.97 Å². The first kappa shape index (κ1) is 15.3. The van der Waals surface area contributed by atoms with Crippen LogP contribution in [0.3, 0.4) is 0 Å². The molecule has 0 saturated carbocycles. The number of anilines is 1. The number of urea groups is 1. The Kier molecular flexibility index (Phi) is 4.47. The van der Waals surface area contributed by atoms with Crippen LogP contribution in [0.5, 0.6) is 0 Å². The second-order valence-electron chi connectivity index (χ2n) is 5.62. The van der Waals surface area contributed by atoms with Crippen LogP contribution in [0.1, 0.15) is 22.3 Å². The first-order valence-electron chi connectivity index (χ1n) is 6.95. The second-order valence-corrected chi connectivity index (χ2v) is 5.62. The van der Waals surface area contributed by atoms with E-state index in [9.17, 15) is 9.59 Å². The van der Waals surface area contributed by atoms with Gasteiger partial charge in [0, 0.05) is 24.8 Å². The Labute approximate surface area is 124 Å². The molecule has 0 spiro atoms. The number of likely N-dealkylation sites (tertiary alicyclic amines) is 1. The van der Waals surface area contributed by atoms with Crippen molar-refractivity contribution >= 4 is 17.7 Å². The first-order chi connectivity index (χ1) is 9.88. The highest BCUT2D eigenvalue weighted by Gasteiger charge is 2.27. The summed E-state index contributed by atoms with van der Waals surface area (Å²) in [7, 11) is 4.01. The minimum atomic E-state index is -1.00. The van der Waals surface area contributed by atoms with Gasteiger partial charge in [0.1, 0.15) is 0 Å². The molecule has 1 aliphatic heterocycles. The van der Waals surface area contributed by atoms with E-state index in [1.165, 1.54) is 12.1 Å². The Morgan fingerprint density at radius 1 is 1.38 bits per heavy atom. The van der Waals surface area contributed by atoms with E-state index in [4.69, 9.17) is 5.11 Å². The predicted octanol–water partition coefficient (Wildman–Crippen LogP) is 1.86. The molecule has 2 N–H and O–H groups in total. The van der Waals surface area contributed by atoms with E-state index in [0.717, 1.165) is 12.0 Å². The maximum Gasteiger partial charge on any atom is 0.335 e. The summed E-state index contributed by atoms with van der Waals surface area (Å²) in [6, 6.07) is 4.93. The number of aromatic carboxylic acids is 1. The lowest BCUT2D eigenvalue weighted by molar-refractivity contribution is 0.0697. The Morgan fingerprint density at radius 2 is 2.10 bits per heavy atom. The number of carboxylic acid groups (broad SMARTS) is 1. The SMILES string of the molecule is Cc1ccc(C(=O)O)cc1NC(=O)N1CCC(N(C)C)C1. The van der Waals surface area contributed by atoms with Crippen molar-refractivity contribution in [1.82, 2.24) is 9.80 Å². The van der Waals surface area contributed by atoms with Crippen molar-refractivity contribution in [1.29, 1.82) is 0 Å². The fourth-order valence-electron chi connectivity index (χ4n) is 2.43. The highest BCUT2D eigenvalue weighted by Crippen LogP contribution is 2.19. The summed E-state index contributed by atoms with van der Waals surface area (Å²) in [5.41, 5.74) is 1.56. The van der Waals surface area contributed by atoms with E-state index in [1.54, 1.807) is 11.0 Å². The largest absolute Gasteiger partial charge is 0.478 e. The number of nitrogens with zero attached hydrogens (tertiary/aromatic N) is 2. The van der Waals surface area contributed by atoms with Crippen molar-refractivity contribution in [3.05, 3.63) is 29.3 Å². The van der Waals surface area contributed by atoms with Crippen LogP contribution in [-0.2, 0) is 0 Å². The molecule has 1 saturated heterocycles. The summed E-state index contributed by atoms with van der Waals surface area (Å²) < 4.78 is 0. The van der Waals surface area contributed by atoms with E-state index in [-0.39, 0.29) is 11.6 Å². The molecule has 6 nitrogen and oxygen atoms in total. The molecule has 1 aromatic carbocycles. The number of carboxylic acids is 1. The van der Waals surface area contributed by atoms with Gasteiger partial charge in [-0.25, -0.2) is 9.59 Å². The van der Waals surface area contributed by atoms with Crippen molar-refractivity contribution in [3.8, 4) is 0 Å². The Balaban J connectivity index is 2.06. The molecule has 0 aliphatic carbocycles. The van der Waals surface area contributed by atoms with Crippen molar-refractivity contribution in [3.63, 3.8) is 0 Å². The van der Waals surface area contributed by atoms with E-state index >= 15 is 0 Å². The average Bonchev–Trinajstić information content (AvgIpc) is 2.90. The Morgan fingerprint density at radius 3 is 2.67 bits per heavy atom. The number of likely N-dealkylation sites (N-methyl/N-ethyl adjacent to an activating group) is 1. The molecule has 1 unspecified atom stereocenters. The third-order valence-corrected chi connectivity index (χ3v) is 3.91. The topological polar surface area (TPSA) is 72.9 Å². The summed E-state index contributed by atoms with van der Waals surface area (Å²) in [6.07, 6.45) is 0.953. The number of aryl methyl sites for hydroxylation is 1. The van der Waals surface area contributed by atoms with Gasteiger partial charge in [0.05, 0.1) is 5.56 Å². The van der Waals surface area contributed by atoms with Crippen LogP contribution in [0.2, 0.25) is 0 Å². The van der Waals surface area contributed by atoms with Crippen molar-refractivity contribution in [2.45, 2.75) is 19.4 Å². The molecule has 0 bridgehead atoms. The molecule has 1 aliphatic rings. The fraction of sp³-hybridized carbons (Fsp3) is 0.467. The van der Waals surface area contributed by atoms with E-state index in [2.05, 4.69) is 10.2 Å². The normalized spacial score (nSPS) is 18.1. The number of nitrogens with one attached hydrogen (secondary N) is 1. The molecule has 0 radical (unpaired) electrons. The van der Waals surface area contributed by atoms with Gasteiger partial charge in [0.2, 0.25) is 0 Å². The summed E-state index contributed by atoms with van der Waals surface area (Å²) in [6.45, 7) is 3.25. The molecule has 0 aromatic heterocycles. The van der Waals surface area contributed by atoms with Gasteiger partial charge in [-0.05, 0) is 45.1 Å². The third-order valence-electron chi connectivity index (χ3n) is 3.91. The molecule has 6 heteroatoms. The van der Waals surface area contributed by atoms with Gasteiger partial charge in [0.25, 0.3) is 0 Å². The molecule has 1 heterocycles. The number of benzene rings is 1. The molecule has 114 valence electrons. The predicted molar refractivity (Wildman–Crippen MR) is 80.8 cm³/mol. The number of rotatable bonds is 3. The molecule has 2 rings (SSSR count). The van der Waals surface area contributed by atoms with Crippen LogP contribution in [0.15, 0.2) is 18.2 Å². The van der Waals surface area contributed by atoms with Gasteiger partial charge in [0.15, 0.2) is 0 Å². The standard InChI is InChI=1S/C15H21N3O3/c1-10-4-5-11(14(19)20)8-13(10)16-15(21)18-7-6-12(9-18)17(2)3/h4-5,8,12H,6-7,9H2,1-3H3,(H,16,21)(H,19,20). The van der Waals surface area contributed by atoms with Gasteiger partial charge in [-0.3, -0.25) is 0 Å². The molecule has 1 atom stereocenters. The summed E-state index contributed by atoms with van der Waals surface area (Å²) >= 11 is 0. The summed E-state index contributed by atoms with van der Waals surface area (Å²) in [4.78, 5) is 27.1. The van der Waals surface area contributed by atoms with Crippen molar-refractivity contribution in [2.24, 2.45) is 0 Å². The van der Waals surface area contributed by atoms with Gasteiger partial charge < -0.3 is 20.2 Å². The van der Waals surface area contributed by atoms with Gasteiger partial charge in [-0.15, -0.1) is 0 Å². The van der Waals surface area contributed by atoms with Crippen LogP contribution in [0, 0.1) is 6.92 Å². The van der Waals surface area contributed by atoms with E-state index in [1.807, 2.05) is 21.0 Å². The zero-order valence-corrected chi connectivity index (χ0v) is 12.6. The van der Waals surface area contributed by atoms with Crippen molar-refractivity contribution in [2.75, 3.05) is 32.5 Å². The average molecular weight is 291 g/mol. The zero-order chi connectivity index (χ0) is 15.6. The van der Waals surface area contributed by atoms with Crippen LogP contribution in [0.4, 0.5) is 10.5 Å². The molecule has 21 heavy (non-hydrogen) atoms. The number of carbonyl (C=O) groups excluding carboxylic acids is 1. The number of carbonyl (C=O) groups is 2. The van der Waals surface area contributed by atoms with Gasteiger partial charge >= 0.3 is 12.0 Å². The van der Waals surface area contributed by atoms with Crippen molar-refractivity contribution < 1.29 is 14.7 Å². The lowest BCUT2D eigenvalue weighted by atomic mass is 10.1. The highest BCUT2D eigenvalue weighted by atomic mass is 16.4. The maximum absolute atomic E-state index is 12.3. The van der Waals surface area contributed by atoms with E-state index in [0.29, 0.717) is 24.8 Å². The summed E-state index contributed by atoms with van der Waals surface area (Å²) in [5, 5.41) is 11.8. The summed E-state index contributed by atoms with van der Waals surface area (Å²) in [5.74, 6) is -1.00. The molecular formula is C15H21N3O3. The van der Waals surface area contributed by atoms with Crippen LogP contribution < -0.4 is 5.32 Å².